The van der Waals surface area contributed by atoms with E-state index in [0.29, 0.717) is 0 Å². The molecule has 0 spiro atoms. The van der Waals surface area contributed by atoms with Gasteiger partial charge in [0, 0.05) is 5.90 Å². The summed E-state index contributed by atoms with van der Waals surface area (Å²) < 4.78 is 33.2. The average molecular weight is 491 g/mol. The molecule has 2 aromatic heterocycles. The number of hydrogen-bond donors (Lipinski definition) is 3. The average Bonchev–Trinajstić information content (AvgIpc) is 3.07. The van der Waals surface area contributed by atoms with Crippen LogP contribution in [-0.2, 0) is 18.4 Å². The predicted molar refractivity (Wildman–Crippen MR) is 81.7 cm³/mol. The van der Waals surface area contributed by atoms with E-state index in [1.54, 1.807) is 0 Å². The van der Waals surface area contributed by atoms with Crippen molar-refractivity contribution >= 4 is 32.2 Å². The molecule has 0 aliphatic carbocycles. The monoisotopic (exact) mass is 491 g/mol. The molecule has 3 heterocycles. The van der Waals surface area contributed by atoms with Crippen LogP contribution in [0.3, 0.4) is 0 Å². The molecule has 4 N–H and O–H groups in total. The number of ether oxygens (including phenoxy) is 1. The van der Waals surface area contributed by atoms with Gasteiger partial charge in [-0.05, 0) is 0 Å². The summed E-state index contributed by atoms with van der Waals surface area (Å²) in [6.07, 6.45) is -3.22. The van der Waals surface area contributed by atoms with E-state index in [0.717, 1.165) is 6.33 Å². The van der Waals surface area contributed by atoms with Crippen molar-refractivity contribution in [1.29, 1.82) is 0 Å². The van der Waals surface area contributed by atoms with Gasteiger partial charge in [0.2, 0.25) is 0 Å². The summed E-state index contributed by atoms with van der Waals surface area (Å²) in [5.41, 5.74) is 6.10. The molecule has 3 rings (SSSR count). The van der Waals surface area contributed by atoms with Crippen molar-refractivity contribution in [3.8, 4) is 0 Å². The second-order valence-electron chi connectivity index (χ2n) is 5.79. The first-order valence-corrected chi connectivity index (χ1v) is 10.8. The van der Waals surface area contributed by atoms with Crippen LogP contribution in [0.25, 0.3) is 11.2 Å². The summed E-state index contributed by atoms with van der Waals surface area (Å²) in [6.45, 7) is -0.806. The molecule has 14 nitrogen and oxygen atoms in total. The molecule has 1 aliphatic rings. The van der Waals surface area contributed by atoms with Gasteiger partial charge in [0.05, 0.1) is 12.9 Å². The Morgan fingerprint density at radius 2 is 1.77 bits per heavy atom. The molecule has 19 heteroatoms. The van der Waals surface area contributed by atoms with Gasteiger partial charge in [-0.15, -0.1) is 0 Å². The Morgan fingerprint density at radius 3 is 2.37 bits per heavy atom. The van der Waals surface area contributed by atoms with E-state index in [-0.39, 0.29) is 106 Å². The fraction of sp³-hybridized carbons (Fsp3) is 0.545. The third kappa shape index (κ3) is 7.52. The Hall–Kier alpha value is 1.53. The zero-order valence-corrected chi connectivity index (χ0v) is 24.2. The minimum Gasteiger partial charge on any atom is -0.810 e. The van der Waals surface area contributed by atoms with E-state index in [1.807, 2.05) is 0 Å². The van der Waals surface area contributed by atoms with Crippen molar-refractivity contribution in [2.24, 2.45) is 0 Å². The molecule has 0 amide bonds. The molecule has 0 bridgehead atoms. The van der Waals surface area contributed by atoms with Crippen LogP contribution in [0, 0.1) is 0 Å². The van der Waals surface area contributed by atoms with Gasteiger partial charge in [0.15, 0.2) is 17.7 Å². The summed E-state index contributed by atoms with van der Waals surface area (Å²) >= 11 is 0. The second kappa shape index (κ2) is 12.3. The minimum absolute atomic E-state index is 0. The van der Waals surface area contributed by atoms with Crippen LogP contribution in [0.15, 0.2) is 12.7 Å². The summed E-state index contributed by atoms with van der Waals surface area (Å²) in [4.78, 5) is 44.4. The first-order valence-electron chi connectivity index (χ1n) is 7.39. The Morgan fingerprint density at radius 1 is 1.13 bits per heavy atom. The van der Waals surface area contributed by atoms with Crippen LogP contribution >= 0.6 is 15.2 Å². The molecule has 0 saturated carbocycles. The van der Waals surface area contributed by atoms with Crippen LogP contribution in [0.5, 0.6) is 0 Å². The number of aliphatic hydroxyl groups is 2. The van der Waals surface area contributed by atoms with Crippen molar-refractivity contribution < 1.29 is 132 Å². The van der Waals surface area contributed by atoms with Crippen molar-refractivity contribution in [3.05, 3.63) is 12.7 Å². The van der Waals surface area contributed by atoms with Gasteiger partial charge in [0.25, 0.3) is 0 Å². The van der Waals surface area contributed by atoms with Gasteiger partial charge in [0.1, 0.15) is 37.8 Å². The first-order chi connectivity index (χ1) is 12.5. The number of nitrogens with zero attached hydrogens (tertiary/aromatic N) is 4. The molecular formula is C11H14N5Na3O9P2. The maximum atomic E-state index is 11.5. The maximum absolute atomic E-state index is 11.5. The first kappa shape index (κ1) is 31.5. The molecule has 2 aromatic rings. The second-order valence-corrected chi connectivity index (χ2v) is 9.62. The standard InChI is InChI=1S/C11H17N5O9P2.3Na/c12-9-6-10(14-2-13-9)16(3-15-6)11-8(18)7(17)5(25-11)1-24-27(22,23)4-26(19,20)21;;;/h2-3,5,7-8,11,17-18H,1,4H2,(H,22,23)(H2,12,13,14)(H2,19,20,21);;;/q;3*+1/p-3/t5-,7+,8?,11-;;;/m1.../s1. The van der Waals surface area contributed by atoms with Gasteiger partial charge < -0.3 is 49.0 Å². The Balaban J connectivity index is 0.00000280. The van der Waals surface area contributed by atoms with Crippen molar-refractivity contribution in [3.63, 3.8) is 0 Å². The summed E-state index contributed by atoms with van der Waals surface area (Å²) in [7, 11) is -10.4. The molecule has 1 fully saturated rings. The van der Waals surface area contributed by atoms with Gasteiger partial charge in [-0.25, -0.2) is 15.0 Å². The van der Waals surface area contributed by atoms with E-state index in [2.05, 4.69) is 19.5 Å². The molecule has 0 aromatic carbocycles. The third-order valence-corrected chi connectivity index (χ3v) is 7.09. The molecule has 30 heavy (non-hydrogen) atoms. The summed E-state index contributed by atoms with van der Waals surface area (Å²) in [5, 5.41) is 20.3. The number of imidazole rings is 1. The number of fused-ring (bicyclic) bond motifs is 1. The van der Waals surface area contributed by atoms with Crippen LogP contribution in [0.2, 0.25) is 0 Å². The SMILES string of the molecule is Nc1ncnc2c1ncn2[C@@H]1O[C@H](COP(=O)([O-])CP(=O)([O-])[O-])[C@H](O)C1O.[Na+].[Na+].[Na+]. The van der Waals surface area contributed by atoms with Crippen LogP contribution < -0.4 is 109 Å². The van der Waals surface area contributed by atoms with Crippen molar-refractivity contribution in [2.45, 2.75) is 24.5 Å². The molecule has 1 saturated heterocycles. The molecule has 150 valence electrons. The molecule has 2 unspecified atom stereocenters. The smallest absolute Gasteiger partial charge is 0.810 e. The molecule has 5 atom stereocenters. The molecular weight excluding hydrogens is 477 g/mol. The zero-order chi connectivity index (χ0) is 20.0. The number of aliphatic hydroxyl groups excluding tert-OH is 2. The predicted octanol–water partition coefficient (Wildman–Crippen LogP) is -12.5. The normalized spacial score (nSPS) is 25.6. The molecule has 1 aliphatic heterocycles. The van der Waals surface area contributed by atoms with E-state index < -0.39 is 52.2 Å². The summed E-state index contributed by atoms with van der Waals surface area (Å²) in [5.74, 6) is -1.63. The number of nitrogens with two attached hydrogens (primary N) is 1. The van der Waals surface area contributed by atoms with Gasteiger partial charge in [-0.3, -0.25) is 4.57 Å². The fourth-order valence-corrected chi connectivity index (χ4v) is 4.99. The largest absolute Gasteiger partial charge is 1.00 e. The van der Waals surface area contributed by atoms with Crippen molar-refractivity contribution in [2.75, 3.05) is 18.2 Å². The number of hydrogen-bond acceptors (Lipinski definition) is 13. The Bertz CT molecular complexity index is 946. The Kier molecular flexibility index (Phi) is 12.9. The summed E-state index contributed by atoms with van der Waals surface area (Å²) in [6, 6.07) is 0. The zero-order valence-electron chi connectivity index (χ0n) is 16.4. The third-order valence-electron chi connectivity index (χ3n) is 3.78. The van der Waals surface area contributed by atoms with E-state index >= 15 is 0 Å². The van der Waals surface area contributed by atoms with Crippen molar-refractivity contribution in [1.82, 2.24) is 19.5 Å². The molecule has 0 radical (unpaired) electrons. The van der Waals surface area contributed by atoms with Crippen LogP contribution in [0.4, 0.5) is 5.82 Å². The van der Waals surface area contributed by atoms with Gasteiger partial charge in [-0.1, -0.05) is 7.60 Å². The van der Waals surface area contributed by atoms with Crippen LogP contribution in [-0.4, -0.2) is 60.6 Å². The van der Waals surface area contributed by atoms with Crippen LogP contribution in [0.1, 0.15) is 6.23 Å². The van der Waals surface area contributed by atoms with Gasteiger partial charge >= 0.3 is 88.7 Å². The topological polar surface area (TPSA) is 232 Å². The minimum atomic E-state index is -5.35. The van der Waals surface area contributed by atoms with E-state index in [4.69, 9.17) is 10.5 Å². The number of nitrogen functional groups attached to an aromatic ring is 1. The quantitative estimate of drug-likeness (QED) is 0.252. The van der Waals surface area contributed by atoms with Gasteiger partial charge in [-0.2, -0.15) is 0 Å². The maximum Gasteiger partial charge on any atom is 1.00 e. The number of rotatable bonds is 6. The van der Waals surface area contributed by atoms with E-state index in [9.17, 15) is 34.0 Å². The fourth-order valence-electron chi connectivity index (χ4n) is 2.59. The number of aromatic nitrogens is 4. The van der Waals surface area contributed by atoms with E-state index in [1.165, 1.54) is 10.9 Å². The number of anilines is 1. The Labute approximate surface area is 236 Å².